The van der Waals surface area contributed by atoms with Crippen LogP contribution in [0.25, 0.3) is 10.9 Å². The highest BCUT2D eigenvalue weighted by Gasteiger charge is 2.21. The molecule has 3 aromatic rings. The Morgan fingerprint density at radius 2 is 1.72 bits per heavy atom. The molecule has 0 aliphatic carbocycles. The third-order valence-electron chi connectivity index (χ3n) is 4.83. The van der Waals surface area contributed by atoms with Crippen LogP contribution in [-0.2, 0) is 0 Å². The van der Waals surface area contributed by atoms with Crippen molar-refractivity contribution >= 4 is 22.3 Å². The van der Waals surface area contributed by atoms with Crippen LogP contribution in [0, 0.1) is 18.3 Å². The Bertz CT molecular complexity index is 950. The number of piperazine rings is 1. The third-order valence-corrected chi connectivity index (χ3v) is 4.83. The van der Waals surface area contributed by atoms with Crippen molar-refractivity contribution in [3.8, 4) is 6.07 Å². The lowest BCUT2D eigenvalue weighted by Crippen LogP contribution is -2.46. The van der Waals surface area contributed by atoms with Gasteiger partial charge in [0, 0.05) is 43.4 Å². The minimum atomic E-state index is 0.655. The predicted molar refractivity (Wildman–Crippen MR) is 102 cm³/mol. The topological polar surface area (TPSA) is 43.2 Å². The minimum absolute atomic E-state index is 0.655. The van der Waals surface area contributed by atoms with Crippen LogP contribution < -0.4 is 9.80 Å². The molecule has 1 aromatic heterocycles. The summed E-state index contributed by atoms with van der Waals surface area (Å²) in [5.74, 6) is 0. The fraction of sp³-hybridized carbons (Fsp3) is 0.238. The van der Waals surface area contributed by atoms with Crippen LogP contribution >= 0.6 is 0 Å². The van der Waals surface area contributed by atoms with Gasteiger partial charge in [0.25, 0.3) is 0 Å². The molecular weight excluding hydrogens is 308 g/mol. The van der Waals surface area contributed by atoms with Crippen molar-refractivity contribution < 1.29 is 0 Å². The zero-order valence-corrected chi connectivity index (χ0v) is 14.3. The van der Waals surface area contributed by atoms with E-state index in [1.165, 1.54) is 11.3 Å². The van der Waals surface area contributed by atoms with Crippen LogP contribution in [0.2, 0.25) is 0 Å². The van der Waals surface area contributed by atoms with Gasteiger partial charge in [-0.05, 0) is 30.7 Å². The molecule has 1 saturated heterocycles. The summed E-state index contributed by atoms with van der Waals surface area (Å²) in [6, 6.07) is 19.0. The van der Waals surface area contributed by atoms with Gasteiger partial charge in [-0.25, -0.2) is 0 Å². The van der Waals surface area contributed by atoms with Gasteiger partial charge < -0.3 is 9.80 Å². The van der Waals surface area contributed by atoms with Crippen LogP contribution in [0.5, 0.6) is 0 Å². The summed E-state index contributed by atoms with van der Waals surface area (Å²) in [6.07, 6.45) is 1.70. The Balaban J connectivity index is 1.63. The van der Waals surface area contributed by atoms with E-state index in [9.17, 15) is 5.26 Å². The predicted octanol–water partition coefficient (Wildman–Crippen LogP) is 3.74. The fourth-order valence-corrected chi connectivity index (χ4v) is 3.56. The van der Waals surface area contributed by atoms with Crippen LogP contribution in [-0.4, -0.2) is 31.2 Å². The van der Waals surface area contributed by atoms with E-state index in [0.717, 1.165) is 42.8 Å². The summed E-state index contributed by atoms with van der Waals surface area (Å²) in [6.45, 7) is 5.82. The molecule has 0 unspecified atom stereocenters. The van der Waals surface area contributed by atoms with Gasteiger partial charge in [0.15, 0.2) is 0 Å². The highest BCUT2D eigenvalue weighted by molar-refractivity contribution is 5.94. The molecule has 2 aromatic carbocycles. The monoisotopic (exact) mass is 328 g/mol. The van der Waals surface area contributed by atoms with Gasteiger partial charge in [0.1, 0.15) is 6.07 Å². The molecule has 0 atom stereocenters. The van der Waals surface area contributed by atoms with Crippen LogP contribution in [0.15, 0.2) is 54.7 Å². The normalized spacial score (nSPS) is 14.6. The van der Waals surface area contributed by atoms with Crippen molar-refractivity contribution in [3.05, 3.63) is 65.9 Å². The van der Waals surface area contributed by atoms with Crippen molar-refractivity contribution in [2.75, 3.05) is 36.0 Å². The van der Waals surface area contributed by atoms with Gasteiger partial charge >= 0.3 is 0 Å². The summed E-state index contributed by atoms with van der Waals surface area (Å²) in [4.78, 5) is 9.16. The Morgan fingerprint density at radius 1 is 0.960 bits per heavy atom. The quantitative estimate of drug-likeness (QED) is 0.719. The zero-order valence-electron chi connectivity index (χ0n) is 14.3. The van der Waals surface area contributed by atoms with Crippen molar-refractivity contribution in [1.82, 2.24) is 4.98 Å². The molecule has 0 N–H and O–H groups in total. The maximum absolute atomic E-state index is 9.54. The van der Waals surface area contributed by atoms with Gasteiger partial charge in [-0.1, -0.05) is 30.3 Å². The van der Waals surface area contributed by atoms with Crippen molar-refractivity contribution in [3.63, 3.8) is 0 Å². The lowest BCUT2D eigenvalue weighted by Gasteiger charge is -2.38. The number of para-hydroxylation sites is 1. The SMILES string of the molecule is Cc1cccc(N2CCN(c3c(C#N)cnc4ccccc34)CC2)c1. The Labute approximate surface area is 147 Å². The number of aryl methyl sites for hydroxylation is 1. The number of benzene rings is 2. The zero-order chi connectivity index (χ0) is 17.2. The van der Waals surface area contributed by atoms with E-state index < -0.39 is 0 Å². The first-order valence-electron chi connectivity index (χ1n) is 8.60. The smallest absolute Gasteiger partial charge is 0.103 e. The molecular formula is C21H20N4. The van der Waals surface area contributed by atoms with E-state index in [2.05, 4.69) is 58.1 Å². The third kappa shape index (κ3) is 2.89. The van der Waals surface area contributed by atoms with Crippen molar-refractivity contribution in [1.29, 1.82) is 5.26 Å². The summed E-state index contributed by atoms with van der Waals surface area (Å²) >= 11 is 0. The number of aromatic nitrogens is 1. The standard InChI is InChI=1S/C21H20N4/c1-16-5-4-6-18(13-16)24-9-11-25(12-10-24)21-17(14-22)15-23-20-8-3-2-7-19(20)21/h2-8,13,15H,9-12H2,1H3. The molecule has 0 saturated carbocycles. The van der Waals surface area contributed by atoms with Crippen LogP contribution in [0.3, 0.4) is 0 Å². The second-order valence-corrected chi connectivity index (χ2v) is 6.46. The molecule has 0 spiro atoms. The molecule has 1 fully saturated rings. The number of nitrogens with zero attached hydrogens (tertiary/aromatic N) is 4. The average Bonchev–Trinajstić information content (AvgIpc) is 2.67. The molecule has 124 valence electrons. The highest BCUT2D eigenvalue weighted by Crippen LogP contribution is 2.30. The number of nitriles is 1. The van der Waals surface area contributed by atoms with Gasteiger partial charge in [-0.15, -0.1) is 0 Å². The number of pyridine rings is 1. The van der Waals surface area contributed by atoms with Gasteiger partial charge in [0.05, 0.1) is 16.8 Å². The number of fused-ring (bicyclic) bond motifs is 1. The first-order chi connectivity index (χ1) is 12.3. The van der Waals surface area contributed by atoms with Crippen molar-refractivity contribution in [2.45, 2.75) is 6.92 Å². The van der Waals surface area contributed by atoms with E-state index in [1.807, 2.05) is 18.2 Å². The van der Waals surface area contributed by atoms with E-state index in [-0.39, 0.29) is 0 Å². The maximum Gasteiger partial charge on any atom is 0.103 e. The maximum atomic E-state index is 9.54. The van der Waals surface area contributed by atoms with Gasteiger partial charge in [-0.3, -0.25) is 4.98 Å². The van der Waals surface area contributed by atoms with E-state index in [1.54, 1.807) is 6.20 Å². The Hall–Kier alpha value is -3.06. The lowest BCUT2D eigenvalue weighted by molar-refractivity contribution is 0.654. The lowest BCUT2D eigenvalue weighted by atomic mass is 10.1. The fourth-order valence-electron chi connectivity index (χ4n) is 3.56. The molecule has 1 aliphatic rings. The molecule has 0 amide bonds. The summed E-state index contributed by atoms with van der Waals surface area (Å²) in [5, 5.41) is 10.6. The molecule has 4 rings (SSSR count). The molecule has 4 heteroatoms. The van der Waals surface area contributed by atoms with E-state index in [0.29, 0.717) is 5.56 Å². The summed E-state index contributed by atoms with van der Waals surface area (Å²) in [5.41, 5.74) is 5.18. The van der Waals surface area contributed by atoms with Gasteiger partial charge in [0.2, 0.25) is 0 Å². The first-order valence-corrected chi connectivity index (χ1v) is 8.60. The second-order valence-electron chi connectivity index (χ2n) is 6.46. The van der Waals surface area contributed by atoms with Crippen molar-refractivity contribution in [2.24, 2.45) is 0 Å². The summed E-state index contributed by atoms with van der Waals surface area (Å²) < 4.78 is 0. The second kappa shape index (κ2) is 6.45. The minimum Gasteiger partial charge on any atom is -0.368 e. The Kier molecular flexibility index (Phi) is 3.99. The van der Waals surface area contributed by atoms with Crippen LogP contribution in [0.4, 0.5) is 11.4 Å². The largest absolute Gasteiger partial charge is 0.368 e. The molecule has 1 aliphatic heterocycles. The summed E-state index contributed by atoms with van der Waals surface area (Å²) in [7, 11) is 0. The molecule has 25 heavy (non-hydrogen) atoms. The first kappa shape index (κ1) is 15.5. The number of hydrogen-bond donors (Lipinski definition) is 0. The highest BCUT2D eigenvalue weighted by atomic mass is 15.3. The van der Waals surface area contributed by atoms with Crippen LogP contribution in [0.1, 0.15) is 11.1 Å². The molecule has 0 bridgehead atoms. The number of rotatable bonds is 2. The van der Waals surface area contributed by atoms with E-state index >= 15 is 0 Å². The molecule has 2 heterocycles. The number of anilines is 2. The van der Waals surface area contributed by atoms with E-state index in [4.69, 9.17) is 0 Å². The molecule has 0 radical (unpaired) electrons. The average molecular weight is 328 g/mol. The Morgan fingerprint density at radius 3 is 2.48 bits per heavy atom. The molecule has 4 nitrogen and oxygen atoms in total. The van der Waals surface area contributed by atoms with Gasteiger partial charge in [-0.2, -0.15) is 5.26 Å². The number of hydrogen-bond acceptors (Lipinski definition) is 4.